The molecule has 2 heterocycles. The number of nitrogens with zero attached hydrogens (tertiary/aromatic N) is 1. The lowest BCUT2D eigenvalue weighted by Crippen LogP contribution is -2.36. The molecule has 0 radical (unpaired) electrons. The molecule has 0 bridgehead atoms. The first kappa shape index (κ1) is 13.1. The van der Waals surface area contributed by atoms with Crippen LogP contribution in [0.1, 0.15) is 13.3 Å². The molecule has 18 heavy (non-hydrogen) atoms. The second kappa shape index (κ2) is 5.09. The Morgan fingerprint density at radius 3 is 2.33 bits per heavy atom. The van der Waals surface area contributed by atoms with Gasteiger partial charge in [-0.1, -0.05) is 6.92 Å². The van der Waals surface area contributed by atoms with Crippen molar-refractivity contribution in [2.24, 2.45) is 5.92 Å². The standard InChI is InChI=1S/C11H12F4N2O/c1-5-4-18-3-2-6(5)16-9-7(12)10(14)17-11(15)8(9)13/h5-6H,2-4H2,1H3,(H,16,17). The number of hydrogen-bond donors (Lipinski definition) is 1. The van der Waals surface area contributed by atoms with Crippen LogP contribution in [0.4, 0.5) is 23.2 Å². The molecule has 7 heteroatoms. The smallest absolute Gasteiger partial charge is 0.253 e. The largest absolute Gasteiger partial charge is 0.381 e. The monoisotopic (exact) mass is 264 g/mol. The SMILES string of the molecule is CC1COCCC1Nc1c(F)c(F)nc(F)c1F. The molecule has 1 N–H and O–H groups in total. The molecule has 1 saturated heterocycles. The fraction of sp³-hybridized carbons (Fsp3) is 0.545. The van der Waals surface area contributed by atoms with E-state index in [1.54, 1.807) is 0 Å². The van der Waals surface area contributed by atoms with Crippen molar-refractivity contribution < 1.29 is 22.3 Å². The van der Waals surface area contributed by atoms with Crippen LogP contribution in [0.25, 0.3) is 0 Å². The van der Waals surface area contributed by atoms with E-state index in [0.717, 1.165) is 0 Å². The van der Waals surface area contributed by atoms with E-state index in [1.165, 1.54) is 0 Å². The van der Waals surface area contributed by atoms with Gasteiger partial charge in [0.05, 0.1) is 6.61 Å². The van der Waals surface area contributed by atoms with Gasteiger partial charge in [-0.3, -0.25) is 0 Å². The van der Waals surface area contributed by atoms with Crippen molar-refractivity contribution in [3.8, 4) is 0 Å². The minimum Gasteiger partial charge on any atom is -0.381 e. The van der Waals surface area contributed by atoms with E-state index in [2.05, 4.69) is 10.3 Å². The highest BCUT2D eigenvalue weighted by Gasteiger charge is 2.27. The van der Waals surface area contributed by atoms with Crippen molar-refractivity contribution in [2.75, 3.05) is 18.5 Å². The number of hydrogen-bond acceptors (Lipinski definition) is 3. The summed E-state index contributed by atoms with van der Waals surface area (Å²) in [6, 6.07) is -0.302. The van der Waals surface area contributed by atoms with Crippen LogP contribution < -0.4 is 5.32 Å². The van der Waals surface area contributed by atoms with Crippen LogP contribution in [0, 0.1) is 29.4 Å². The molecule has 2 unspecified atom stereocenters. The summed E-state index contributed by atoms with van der Waals surface area (Å²) in [5.74, 6) is -6.34. The first-order valence-corrected chi connectivity index (χ1v) is 5.55. The van der Waals surface area contributed by atoms with Crippen molar-refractivity contribution in [1.82, 2.24) is 4.98 Å². The average Bonchev–Trinajstić information content (AvgIpc) is 2.34. The summed E-state index contributed by atoms with van der Waals surface area (Å²) < 4.78 is 57.8. The van der Waals surface area contributed by atoms with Crippen LogP contribution in [0.2, 0.25) is 0 Å². The molecule has 1 fully saturated rings. The Balaban J connectivity index is 2.28. The van der Waals surface area contributed by atoms with Gasteiger partial charge in [0.25, 0.3) is 11.9 Å². The molecule has 0 saturated carbocycles. The minimum atomic E-state index is -1.66. The summed E-state index contributed by atoms with van der Waals surface area (Å²) in [7, 11) is 0. The van der Waals surface area contributed by atoms with Gasteiger partial charge in [-0.15, -0.1) is 0 Å². The highest BCUT2D eigenvalue weighted by atomic mass is 19.2. The molecule has 1 aliphatic rings. The van der Waals surface area contributed by atoms with Crippen molar-refractivity contribution in [2.45, 2.75) is 19.4 Å². The van der Waals surface area contributed by atoms with Gasteiger partial charge in [-0.05, 0) is 12.3 Å². The van der Waals surface area contributed by atoms with E-state index in [1.807, 2.05) is 6.92 Å². The number of nitrogens with one attached hydrogen (secondary N) is 1. The third kappa shape index (κ3) is 2.40. The highest BCUT2D eigenvalue weighted by molar-refractivity contribution is 5.46. The fourth-order valence-corrected chi connectivity index (χ4v) is 1.89. The highest BCUT2D eigenvalue weighted by Crippen LogP contribution is 2.26. The van der Waals surface area contributed by atoms with Gasteiger partial charge >= 0.3 is 0 Å². The third-order valence-corrected chi connectivity index (χ3v) is 2.97. The number of halogens is 4. The summed E-state index contributed by atoms with van der Waals surface area (Å²) in [5.41, 5.74) is -0.807. The van der Waals surface area contributed by atoms with Crippen LogP contribution in [0.3, 0.4) is 0 Å². The number of rotatable bonds is 2. The Morgan fingerprint density at radius 1 is 1.17 bits per heavy atom. The molecule has 0 spiro atoms. The van der Waals surface area contributed by atoms with E-state index < -0.39 is 29.2 Å². The van der Waals surface area contributed by atoms with Crippen molar-refractivity contribution in [1.29, 1.82) is 0 Å². The molecule has 0 aliphatic carbocycles. The molecule has 0 aromatic carbocycles. The van der Waals surface area contributed by atoms with E-state index in [4.69, 9.17) is 4.74 Å². The van der Waals surface area contributed by atoms with Crippen LogP contribution in [0.15, 0.2) is 0 Å². The summed E-state index contributed by atoms with van der Waals surface area (Å²) in [6.07, 6.45) is 0.506. The van der Waals surface area contributed by atoms with E-state index >= 15 is 0 Å². The topological polar surface area (TPSA) is 34.1 Å². The molecular weight excluding hydrogens is 252 g/mol. The first-order chi connectivity index (χ1) is 8.50. The number of ether oxygens (including phenoxy) is 1. The maximum absolute atomic E-state index is 13.4. The fourth-order valence-electron chi connectivity index (χ4n) is 1.89. The summed E-state index contributed by atoms with van der Waals surface area (Å²) in [5, 5.41) is 2.50. The van der Waals surface area contributed by atoms with Gasteiger partial charge < -0.3 is 10.1 Å². The molecule has 1 aromatic rings. The Kier molecular flexibility index (Phi) is 3.70. The third-order valence-electron chi connectivity index (χ3n) is 2.97. The summed E-state index contributed by atoms with van der Waals surface area (Å²) >= 11 is 0. The number of anilines is 1. The van der Waals surface area contributed by atoms with Gasteiger partial charge in [-0.2, -0.15) is 22.5 Å². The Hall–Kier alpha value is -1.37. The Bertz CT molecular complexity index is 429. The molecule has 2 rings (SSSR count). The van der Waals surface area contributed by atoms with Crippen molar-refractivity contribution >= 4 is 5.69 Å². The van der Waals surface area contributed by atoms with Crippen LogP contribution in [0.5, 0.6) is 0 Å². The molecule has 0 amide bonds. The van der Waals surface area contributed by atoms with Crippen LogP contribution in [-0.2, 0) is 4.74 Å². The molecule has 100 valence electrons. The van der Waals surface area contributed by atoms with Crippen molar-refractivity contribution in [3.63, 3.8) is 0 Å². The molecule has 2 atom stereocenters. The lowest BCUT2D eigenvalue weighted by molar-refractivity contribution is 0.0536. The second-order valence-electron chi connectivity index (χ2n) is 4.29. The van der Waals surface area contributed by atoms with Gasteiger partial charge in [0.1, 0.15) is 5.69 Å². The Morgan fingerprint density at radius 2 is 1.78 bits per heavy atom. The quantitative estimate of drug-likeness (QED) is 0.658. The predicted molar refractivity (Wildman–Crippen MR) is 56.1 cm³/mol. The zero-order chi connectivity index (χ0) is 13.3. The van der Waals surface area contributed by atoms with E-state index in [9.17, 15) is 17.6 Å². The lowest BCUT2D eigenvalue weighted by atomic mass is 9.97. The van der Waals surface area contributed by atoms with Crippen LogP contribution >= 0.6 is 0 Å². The maximum Gasteiger partial charge on any atom is 0.253 e. The van der Waals surface area contributed by atoms with Gasteiger partial charge in [0.2, 0.25) is 11.6 Å². The second-order valence-corrected chi connectivity index (χ2v) is 4.29. The minimum absolute atomic E-state index is 0.0168. The predicted octanol–water partition coefficient (Wildman–Crippen LogP) is 2.47. The van der Waals surface area contributed by atoms with E-state index in [0.29, 0.717) is 19.6 Å². The van der Waals surface area contributed by atoms with Gasteiger partial charge in [0, 0.05) is 12.6 Å². The average molecular weight is 264 g/mol. The number of pyridine rings is 1. The van der Waals surface area contributed by atoms with E-state index in [-0.39, 0.29) is 12.0 Å². The maximum atomic E-state index is 13.4. The molecular formula is C11H12F4N2O. The molecule has 3 nitrogen and oxygen atoms in total. The normalized spacial score (nSPS) is 24.1. The summed E-state index contributed by atoms with van der Waals surface area (Å²) in [4.78, 5) is 2.50. The van der Waals surface area contributed by atoms with Crippen LogP contribution in [-0.4, -0.2) is 24.2 Å². The number of aromatic nitrogens is 1. The van der Waals surface area contributed by atoms with Crippen molar-refractivity contribution in [3.05, 3.63) is 23.5 Å². The summed E-state index contributed by atoms with van der Waals surface area (Å²) in [6.45, 7) is 2.68. The van der Waals surface area contributed by atoms with Gasteiger partial charge in [0.15, 0.2) is 0 Å². The zero-order valence-electron chi connectivity index (χ0n) is 9.64. The molecule has 1 aromatic heterocycles. The molecule has 1 aliphatic heterocycles. The first-order valence-electron chi connectivity index (χ1n) is 5.55. The Labute approximate surface area is 101 Å². The lowest BCUT2D eigenvalue weighted by Gasteiger charge is -2.30. The van der Waals surface area contributed by atoms with Gasteiger partial charge in [-0.25, -0.2) is 0 Å². The zero-order valence-corrected chi connectivity index (χ0v) is 9.64.